The van der Waals surface area contributed by atoms with Crippen LogP contribution in [0.25, 0.3) is 0 Å². The molecule has 5 rings (SSSR count). The molecule has 1 aromatic heterocycles. The highest BCUT2D eigenvalue weighted by atomic mass is 16.5. The molecule has 2 N–H and O–H groups in total. The number of rotatable bonds is 5. The van der Waals surface area contributed by atoms with Crippen molar-refractivity contribution in [2.24, 2.45) is 0 Å². The molecule has 152 valence electrons. The second kappa shape index (κ2) is 7.30. The smallest absolute Gasteiger partial charge is 0.314 e. The Labute approximate surface area is 170 Å². The topological polar surface area (TPSA) is 87.6 Å². The maximum Gasteiger partial charge on any atom is 0.314 e. The van der Waals surface area contributed by atoms with Gasteiger partial charge in [-0.05, 0) is 49.8 Å². The molecule has 0 spiro atoms. The molecule has 7 nitrogen and oxygen atoms in total. The Hall–Kier alpha value is -2.67. The number of carboxylic acid groups (broad SMARTS) is 1. The summed E-state index contributed by atoms with van der Waals surface area (Å²) >= 11 is 0. The Morgan fingerprint density at radius 2 is 1.83 bits per heavy atom. The molecule has 1 aliphatic heterocycles. The van der Waals surface area contributed by atoms with Gasteiger partial charge in [-0.1, -0.05) is 18.6 Å². The van der Waals surface area contributed by atoms with Crippen LogP contribution in [0.4, 0.5) is 17.5 Å². The summed E-state index contributed by atoms with van der Waals surface area (Å²) in [5.41, 5.74) is 3.47. The second-order valence-electron chi connectivity index (χ2n) is 8.19. The summed E-state index contributed by atoms with van der Waals surface area (Å²) in [6.07, 6.45) is 5.55. The zero-order chi connectivity index (χ0) is 19.8. The van der Waals surface area contributed by atoms with Crippen LogP contribution in [-0.2, 0) is 27.8 Å². The molecule has 0 atom stereocenters. The van der Waals surface area contributed by atoms with E-state index in [1.807, 2.05) is 24.3 Å². The number of carboxylic acids is 1. The van der Waals surface area contributed by atoms with E-state index in [9.17, 15) is 9.90 Å². The third-order valence-electron chi connectivity index (χ3n) is 6.53. The highest BCUT2D eigenvalue weighted by Gasteiger charge is 2.45. The summed E-state index contributed by atoms with van der Waals surface area (Å²) in [5.74, 6) is 0.923. The van der Waals surface area contributed by atoms with Gasteiger partial charge in [-0.3, -0.25) is 4.79 Å². The number of hydrogen-bond donors (Lipinski definition) is 2. The number of ether oxygens (including phenoxy) is 1. The number of aryl methyl sites for hydroxylation is 1. The van der Waals surface area contributed by atoms with Crippen LogP contribution in [0, 0.1) is 0 Å². The molecule has 2 aliphatic carbocycles. The van der Waals surface area contributed by atoms with Crippen LogP contribution in [-0.4, -0.2) is 47.3 Å². The van der Waals surface area contributed by atoms with Gasteiger partial charge in [0.2, 0.25) is 5.95 Å². The van der Waals surface area contributed by atoms with E-state index in [2.05, 4.69) is 10.2 Å². The number of aliphatic carboxylic acids is 1. The predicted molar refractivity (Wildman–Crippen MR) is 110 cm³/mol. The van der Waals surface area contributed by atoms with Gasteiger partial charge in [0.15, 0.2) is 0 Å². The minimum Gasteiger partial charge on any atom is -0.481 e. The van der Waals surface area contributed by atoms with E-state index >= 15 is 0 Å². The fraction of sp³-hybridized carbons (Fsp3) is 0.500. The van der Waals surface area contributed by atoms with Gasteiger partial charge < -0.3 is 20.1 Å². The fourth-order valence-corrected chi connectivity index (χ4v) is 4.66. The summed E-state index contributed by atoms with van der Waals surface area (Å²) in [7, 11) is 0. The third-order valence-corrected chi connectivity index (χ3v) is 6.53. The van der Waals surface area contributed by atoms with Crippen molar-refractivity contribution in [2.45, 2.75) is 43.9 Å². The summed E-state index contributed by atoms with van der Waals surface area (Å²) in [5, 5.41) is 13.0. The summed E-state index contributed by atoms with van der Waals surface area (Å²) in [6.45, 7) is 3.17. The molecule has 1 saturated carbocycles. The highest BCUT2D eigenvalue weighted by molar-refractivity contribution is 5.82. The Morgan fingerprint density at radius 1 is 1.07 bits per heavy atom. The molecule has 3 aliphatic rings. The quantitative estimate of drug-likeness (QED) is 0.806. The number of nitrogens with one attached hydrogen (secondary N) is 1. The molecule has 0 bridgehead atoms. The van der Waals surface area contributed by atoms with E-state index in [0.717, 1.165) is 74.7 Å². The van der Waals surface area contributed by atoms with Crippen molar-refractivity contribution in [1.82, 2.24) is 9.97 Å². The Morgan fingerprint density at radius 3 is 2.48 bits per heavy atom. The van der Waals surface area contributed by atoms with Crippen LogP contribution >= 0.6 is 0 Å². The first-order chi connectivity index (χ1) is 14.2. The average Bonchev–Trinajstić information content (AvgIpc) is 3.17. The van der Waals surface area contributed by atoms with Crippen molar-refractivity contribution >= 4 is 23.4 Å². The number of hydrogen-bond acceptors (Lipinski definition) is 6. The Kier molecular flexibility index (Phi) is 4.62. The third kappa shape index (κ3) is 3.23. The van der Waals surface area contributed by atoms with E-state index in [1.54, 1.807) is 0 Å². The zero-order valence-electron chi connectivity index (χ0n) is 16.5. The molecule has 0 unspecified atom stereocenters. The first kappa shape index (κ1) is 18.4. The number of nitrogens with zero attached hydrogens (tertiary/aromatic N) is 3. The van der Waals surface area contributed by atoms with Gasteiger partial charge in [0.25, 0.3) is 0 Å². The molecule has 0 radical (unpaired) electrons. The van der Waals surface area contributed by atoms with E-state index in [-0.39, 0.29) is 0 Å². The maximum absolute atomic E-state index is 11.7. The molecule has 1 saturated heterocycles. The van der Waals surface area contributed by atoms with Crippen LogP contribution in [0.2, 0.25) is 0 Å². The molecular formula is C22H26N4O3. The van der Waals surface area contributed by atoms with Crippen LogP contribution in [0.15, 0.2) is 24.3 Å². The van der Waals surface area contributed by atoms with Crippen LogP contribution in [0.3, 0.4) is 0 Å². The SMILES string of the molecule is O=C(O)C1(c2ccc(Nc3nc4c(c(N5CCOCC5)n3)CCC4)cc2)CCC1. The number of fused-ring (bicyclic) bond motifs is 1. The first-order valence-corrected chi connectivity index (χ1v) is 10.5. The molecule has 2 fully saturated rings. The van der Waals surface area contributed by atoms with Crippen molar-refractivity contribution in [3.8, 4) is 0 Å². The van der Waals surface area contributed by atoms with Gasteiger partial charge in [-0.25, -0.2) is 4.98 Å². The second-order valence-corrected chi connectivity index (χ2v) is 8.19. The summed E-state index contributed by atoms with van der Waals surface area (Å²) in [4.78, 5) is 23.6. The van der Waals surface area contributed by atoms with Crippen LogP contribution in [0.5, 0.6) is 0 Å². The first-order valence-electron chi connectivity index (χ1n) is 10.5. The lowest BCUT2D eigenvalue weighted by Gasteiger charge is -2.38. The molecule has 2 aromatic rings. The van der Waals surface area contributed by atoms with Gasteiger partial charge in [0, 0.05) is 24.3 Å². The predicted octanol–water partition coefficient (Wildman–Crippen LogP) is 3.05. The lowest BCUT2D eigenvalue weighted by atomic mass is 9.64. The Bertz CT molecular complexity index is 918. The van der Waals surface area contributed by atoms with Crippen molar-refractivity contribution < 1.29 is 14.6 Å². The number of benzene rings is 1. The van der Waals surface area contributed by atoms with E-state index < -0.39 is 11.4 Å². The Balaban J connectivity index is 1.40. The number of anilines is 3. The standard InChI is InChI=1S/C22H26N4O3/c27-20(28)22(9-2-10-22)15-5-7-16(8-6-15)23-21-24-18-4-1-3-17(18)19(25-21)26-11-13-29-14-12-26/h5-8H,1-4,9-14H2,(H,27,28)(H,23,24,25). The minimum absolute atomic E-state index is 0.608. The highest BCUT2D eigenvalue weighted by Crippen LogP contribution is 2.44. The monoisotopic (exact) mass is 394 g/mol. The zero-order valence-corrected chi connectivity index (χ0v) is 16.5. The lowest BCUT2D eigenvalue weighted by Crippen LogP contribution is -2.42. The minimum atomic E-state index is -0.721. The fourth-order valence-electron chi connectivity index (χ4n) is 4.66. The molecule has 7 heteroatoms. The summed E-state index contributed by atoms with van der Waals surface area (Å²) in [6, 6.07) is 7.71. The number of aromatic nitrogens is 2. The van der Waals surface area contributed by atoms with Crippen molar-refractivity contribution in [1.29, 1.82) is 0 Å². The van der Waals surface area contributed by atoms with E-state index in [0.29, 0.717) is 18.8 Å². The lowest BCUT2D eigenvalue weighted by molar-refractivity contribution is -0.147. The van der Waals surface area contributed by atoms with E-state index in [4.69, 9.17) is 14.7 Å². The van der Waals surface area contributed by atoms with Gasteiger partial charge in [0.1, 0.15) is 5.82 Å². The number of carbonyl (C=O) groups is 1. The van der Waals surface area contributed by atoms with Crippen LogP contribution < -0.4 is 10.2 Å². The molecule has 29 heavy (non-hydrogen) atoms. The van der Waals surface area contributed by atoms with Crippen molar-refractivity contribution in [2.75, 3.05) is 36.5 Å². The van der Waals surface area contributed by atoms with E-state index in [1.165, 1.54) is 5.56 Å². The van der Waals surface area contributed by atoms with Gasteiger partial charge in [-0.15, -0.1) is 0 Å². The average molecular weight is 394 g/mol. The number of morpholine rings is 1. The molecule has 0 amide bonds. The normalized spacial score (nSPS) is 20.1. The van der Waals surface area contributed by atoms with Gasteiger partial charge >= 0.3 is 5.97 Å². The van der Waals surface area contributed by atoms with Crippen LogP contribution in [0.1, 0.15) is 42.5 Å². The molecular weight excluding hydrogens is 368 g/mol. The van der Waals surface area contributed by atoms with Crippen molar-refractivity contribution in [3.63, 3.8) is 0 Å². The van der Waals surface area contributed by atoms with Gasteiger partial charge in [0.05, 0.1) is 24.3 Å². The van der Waals surface area contributed by atoms with Gasteiger partial charge in [-0.2, -0.15) is 4.98 Å². The molecule has 2 heterocycles. The summed E-state index contributed by atoms with van der Waals surface area (Å²) < 4.78 is 5.49. The van der Waals surface area contributed by atoms with Crippen molar-refractivity contribution in [3.05, 3.63) is 41.1 Å². The molecule has 1 aromatic carbocycles. The largest absolute Gasteiger partial charge is 0.481 e. The maximum atomic E-state index is 11.7.